The lowest BCUT2D eigenvalue weighted by Gasteiger charge is -2.31. The van der Waals surface area contributed by atoms with Crippen LogP contribution in [0.4, 0.5) is 0 Å². The van der Waals surface area contributed by atoms with E-state index >= 15 is 0 Å². The first kappa shape index (κ1) is 17.7. The largest absolute Gasteiger partial charge is 0.337 e. The third-order valence-corrected chi connectivity index (χ3v) is 4.87. The Bertz CT molecular complexity index is 696. The van der Waals surface area contributed by atoms with E-state index in [9.17, 15) is 4.79 Å². The Morgan fingerprint density at radius 1 is 1.28 bits per heavy atom. The highest BCUT2D eigenvalue weighted by Crippen LogP contribution is 2.27. The Balaban J connectivity index is 1.58. The van der Waals surface area contributed by atoms with Gasteiger partial charge < -0.3 is 14.4 Å². The molecule has 1 saturated heterocycles. The first-order valence-corrected chi connectivity index (χ1v) is 9.07. The maximum absolute atomic E-state index is 12.6. The molecule has 7 heteroatoms. The monoisotopic (exact) mass is 344 g/mol. The van der Waals surface area contributed by atoms with Crippen molar-refractivity contribution in [1.29, 1.82) is 0 Å². The van der Waals surface area contributed by atoms with Crippen LogP contribution < -0.4 is 0 Å². The van der Waals surface area contributed by atoms with Crippen molar-refractivity contribution in [3.8, 4) is 0 Å². The number of hydrogen-bond donors (Lipinski definition) is 0. The molecule has 1 aliphatic heterocycles. The molecule has 136 valence electrons. The molecule has 0 aliphatic carbocycles. The lowest BCUT2D eigenvalue weighted by molar-refractivity contribution is 0.0703. The van der Waals surface area contributed by atoms with Crippen LogP contribution in [-0.2, 0) is 13.1 Å². The molecule has 1 amide bonds. The van der Waals surface area contributed by atoms with Crippen LogP contribution in [0.5, 0.6) is 0 Å². The lowest BCUT2D eigenvalue weighted by Crippen LogP contribution is -2.38. The van der Waals surface area contributed by atoms with Crippen molar-refractivity contribution in [2.75, 3.05) is 33.7 Å². The van der Waals surface area contributed by atoms with Crippen molar-refractivity contribution < 1.29 is 4.79 Å². The molecule has 7 nitrogen and oxygen atoms in total. The molecule has 0 saturated carbocycles. The van der Waals surface area contributed by atoms with E-state index < -0.39 is 0 Å². The van der Waals surface area contributed by atoms with Gasteiger partial charge in [0.05, 0.1) is 0 Å². The highest BCUT2D eigenvalue weighted by atomic mass is 16.2. The number of carbonyl (C=O) groups excluding carboxylic acids is 1. The van der Waals surface area contributed by atoms with E-state index in [0.29, 0.717) is 11.6 Å². The third-order valence-electron chi connectivity index (χ3n) is 4.87. The van der Waals surface area contributed by atoms with Gasteiger partial charge in [-0.3, -0.25) is 9.48 Å². The van der Waals surface area contributed by atoms with Crippen LogP contribution in [0, 0.1) is 0 Å². The fourth-order valence-corrected chi connectivity index (χ4v) is 3.33. The number of nitrogens with zero attached hydrogens (tertiary/aromatic N) is 6. The topological polar surface area (TPSA) is 59.2 Å². The van der Waals surface area contributed by atoms with Gasteiger partial charge in [0.1, 0.15) is 11.5 Å². The highest BCUT2D eigenvalue weighted by Gasteiger charge is 2.27. The summed E-state index contributed by atoms with van der Waals surface area (Å²) in [5.41, 5.74) is 0.549. The van der Waals surface area contributed by atoms with Crippen LogP contribution >= 0.6 is 0 Å². The van der Waals surface area contributed by atoms with Gasteiger partial charge in [-0.2, -0.15) is 5.10 Å². The van der Waals surface area contributed by atoms with Crippen LogP contribution in [0.25, 0.3) is 0 Å². The number of likely N-dealkylation sites (N-methyl/N-ethyl adjacent to an activating group) is 1. The number of imidazole rings is 1. The number of aromatic nitrogens is 4. The summed E-state index contributed by atoms with van der Waals surface area (Å²) in [6, 6.07) is 1.81. The molecule has 0 unspecified atom stereocenters. The minimum Gasteiger partial charge on any atom is -0.337 e. The number of hydrogen-bond acceptors (Lipinski definition) is 4. The van der Waals surface area contributed by atoms with Gasteiger partial charge in [-0.1, -0.05) is 0 Å². The van der Waals surface area contributed by atoms with E-state index in [0.717, 1.165) is 51.4 Å². The van der Waals surface area contributed by atoms with Gasteiger partial charge in [0.2, 0.25) is 0 Å². The fraction of sp³-hybridized carbons (Fsp3) is 0.611. The standard InChI is InChI=1S/C18H28N6O/c1-4-24-11-7-16(20-24)18(25)23-9-5-15(6-10-23)17-19-8-12-22(17)14-13-21(2)3/h7-8,11-12,15H,4-6,9-10,13-14H2,1-3H3. The van der Waals surface area contributed by atoms with Gasteiger partial charge >= 0.3 is 0 Å². The normalized spacial score (nSPS) is 15.9. The molecule has 0 N–H and O–H groups in total. The van der Waals surface area contributed by atoms with Crippen molar-refractivity contribution >= 4 is 5.91 Å². The molecule has 0 radical (unpaired) electrons. The molecule has 1 aliphatic rings. The van der Waals surface area contributed by atoms with Crippen molar-refractivity contribution in [3.63, 3.8) is 0 Å². The molecule has 3 heterocycles. The van der Waals surface area contributed by atoms with Crippen molar-refractivity contribution in [1.82, 2.24) is 29.1 Å². The number of aryl methyl sites for hydroxylation is 1. The van der Waals surface area contributed by atoms with Gasteiger partial charge in [-0.15, -0.1) is 0 Å². The van der Waals surface area contributed by atoms with Gasteiger partial charge in [-0.25, -0.2) is 4.98 Å². The van der Waals surface area contributed by atoms with Crippen molar-refractivity contribution in [2.45, 2.75) is 38.8 Å². The molecule has 25 heavy (non-hydrogen) atoms. The Morgan fingerprint density at radius 3 is 2.68 bits per heavy atom. The first-order valence-electron chi connectivity index (χ1n) is 9.07. The van der Waals surface area contributed by atoms with E-state index in [1.807, 2.05) is 30.3 Å². The third kappa shape index (κ3) is 4.10. The highest BCUT2D eigenvalue weighted by molar-refractivity contribution is 5.92. The zero-order chi connectivity index (χ0) is 17.8. The minimum absolute atomic E-state index is 0.0431. The van der Waals surface area contributed by atoms with Gasteiger partial charge in [0.25, 0.3) is 5.91 Å². The Morgan fingerprint density at radius 2 is 2.04 bits per heavy atom. The molecule has 0 aromatic carbocycles. The van der Waals surface area contributed by atoms with E-state index in [2.05, 4.69) is 39.8 Å². The first-order chi connectivity index (χ1) is 12.1. The molecule has 0 atom stereocenters. The summed E-state index contributed by atoms with van der Waals surface area (Å²) >= 11 is 0. The summed E-state index contributed by atoms with van der Waals surface area (Å²) < 4.78 is 4.05. The second-order valence-corrected chi connectivity index (χ2v) is 6.91. The van der Waals surface area contributed by atoms with Crippen LogP contribution in [0.3, 0.4) is 0 Å². The van der Waals surface area contributed by atoms with Crippen LogP contribution in [-0.4, -0.2) is 68.8 Å². The number of carbonyl (C=O) groups is 1. The molecule has 1 fully saturated rings. The number of piperidine rings is 1. The molecular formula is C18H28N6O. The SMILES string of the molecule is CCn1ccc(C(=O)N2CCC(c3nccn3CCN(C)C)CC2)n1. The van der Waals surface area contributed by atoms with Crippen molar-refractivity contribution in [3.05, 3.63) is 36.2 Å². The zero-order valence-corrected chi connectivity index (χ0v) is 15.4. The van der Waals surface area contributed by atoms with E-state index in [1.165, 1.54) is 0 Å². The van der Waals surface area contributed by atoms with E-state index in [4.69, 9.17) is 0 Å². The lowest BCUT2D eigenvalue weighted by atomic mass is 9.95. The second-order valence-electron chi connectivity index (χ2n) is 6.91. The summed E-state index contributed by atoms with van der Waals surface area (Å²) in [5.74, 6) is 1.63. The summed E-state index contributed by atoms with van der Waals surface area (Å²) in [5, 5.41) is 4.33. The molecule has 2 aromatic rings. The molecule has 2 aromatic heterocycles. The number of amides is 1. The maximum atomic E-state index is 12.6. The molecule has 0 bridgehead atoms. The van der Waals surface area contributed by atoms with E-state index in [1.54, 1.807) is 4.68 Å². The van der Waals surface area contributed by atoms with Gasteiger partial charge in [-0.05, 0) is 39.9 Å². The zero-order valence-electron chi connectivity index (χ0n) is 15.4. The average Bonchev–Trinajstić information content (AvgIpc) is 3.28. The second kappa shape index (κ2) is 7.82. The Kier molecular flexibility index (Phi) is 5.53. The number of likely N-dealkylation sites (tertiary alicyclic amines) is 1. The summed E-state index contributed by atoms with van der Waals surface area (Å²) in [6.07, 6.45) is 7.73. The van der Waals surface area contributed by atoms with Crippen LogP contribution in [0.1, 0.15) is 42.0 Å². The Hall–Kier alpha value is -2.15. The number of rotatable bonds is 6. The fourth-order valence-electron chi connectivity index (χ4n) is 3.33. The van der Waals surface area contributed by atoms with Crippen LogP contribution in [0.15, 0.2) is 24.7 Å². The summed E-state index contributed by atoms with van der Waals surface area (Å²) in [6.45, 7) is 6.29. The summed E-state index contributed by atoms with van der Waals surface area (Å²) in [7, 11) is 4.17. The van der Waals surface area contributed by atoms with Gasteiger partial charge in [0.15, 0.2) is 0 Å². The molecule has 0 spiro atoms. The smallest absolute Gasteiger partial charge is 0.274 e. The Labute approximate surface area is 149 Å². The van der Waals surface area contributed by atoms with E-state index in [-0.39, 0.29) is 5.91 Å². The summed E-state index contributed by atoms with van der Waals surface area (Å²) in [4.78, 5) is 21.3. The van der Waals surface area contributed by atoms with Gasteiger partial charge in [0, 0.05) is 57.2 Å². The maximum Gasteiger partial charge on any atom is 0.274 e. The predicted octanol–water partition coefficient (Wildman–Crippen LogP) is 1.68. The molecule has 3 rings (SSSR count). The predicted molar refractivity (Wildman–Crippen MR) is 96.6 cm³/mol. The molecular weight excluding hydrogens is 316 g/mol. The average molecular weight is 344 g/mol. The quantitative estimate of drug-likeness (QED) is 0.800. The minimum atomic E-state index is 0.0431. The van der Waals surface area contributed by atoms with Crippen molar-refractivity contribution in [2.24, 2.45) is 0 Å². The van der Waals surface area contributed by atoms with Crippen LogP contribution in [0.2, 0.25) is 0 Å².